The van der Waals surface area contributed by atoms with Crippen LogP contribution in [0.1, 0.15) is 28.8 Å². The van der Waals surface area contributed by atoms with Gasteiger partial charge in [-0.2, -0.15) is 0 Å². The summed E-state index contributed by atoms with van der Waals surface area (Å²) in [5.74, 6) is 0.0817. The van der Waals surface area contributed by atoms with E-state index in [4.69, 9.17) is 25.8 Å². The Labute approximate surface area is 234 Å². The molecule has 0 radical (unpaired) electrons. The topological polar surface area (TPSA) is 119 Å². The highest BCUT2D eigenvalue weighted by Gasteiger charge is 2.58. The summed E-state index contributed by atoms with van der Waals surface area (Å²) in [6.07, 6.45) is 3.01. The highest BCUT2D eigenvalue weighted by atomic mass is 35.5. The van der Waals surface area contributed by atoms with E-state index in [-0.39, 0.29) is 22.3 Å². The van der Waals surface area contributed by atoms with Crippen LogP contribution < -0.4 is 19.7 Å². The minimum Gasteiger partial charge on any atom is -0.494 e. The molecule has 3 aromatic rings. The monoisotopic (exact) mass is 570 g/mol. The molecular weight excluding hydrogens is 544 g/mol. The zero-order chi connectivity index (χ0) is 27.3. The number of pyridine rings is 1. The molecule has 2 amide bonds. The Balaban J connectivity index is 1.30. The number of aromatic nitrogens is 3. The first-order valence-electron chi connectivity index (χ1n) is 12.5. The lowest BCUT2D eigenvalue weighted by molar-refractivity contribution is -0.119. The van der Waals surface area contributed by atoms with Crippen molar-refractivity contribution in [1.29, 1.82) is 0 Å². The Kier molecular flexibility index (Phi) is 6.66. The van der Waals surface area contributed by atoms with E-state index in [1.165, 1.54) is 13.3 Å². The lowest BCUT2D eigenvalue weighted by Crippen LogP contribution is -2.42. The summed E-state index contributed by atoms with van der Waals surface area (Å²) < 4.78 is 17.0. The zero-order valence-corrected chi connectivity index (χ0v) is 23.3. The Morgan fingerprint density at radius 1 is 1.26 bits per heavy atom. The van der Waals surface area contributed by atoms with Gasteiger partial charge >= 0.3 is 0 Å². The molecule has 2 aliphatic heterocycles. The zero-order valence-electron chi connectivity index (χ0n) is 21.7. The maximum atomic E-state index is 13.7. The van der Waals surface area contributed by atoms with Crippen LogP contribution in [0, 0.1) is 0 Å². The number of fused-ring (bicyclic) bond motifs is 2. The van der Waals surface area contributed by atoms with Crippen LogP contribution in [-0.4, -0.2) is 85.5 Å². The third-order valence-electron chi connectivity index (χ3n) is 7.43. The van der Waals surface area contributed by atoms with Crippen molar-refractivity contribution in [3.63, 3.8) is 0 Å². The maximum absolute atomic E-state index is 13.7. The van der Waals surface area contributed by atoms with E-state index in [9.17, 15) is 9.59 Å². The molecule has 1 saturated carbocycles. The number of benzene rings is 1. The second-order valence-corrected chi connectivity index (χ2v) is 11.3. The normalized spacial score (nSPS) is 19.7. The molecule has 1 aliphatic carbocycles. The Morgan fingerprint density at radius 3 is 2.82 bits per heavy atom. The number of hydrogen-bond donors (Lipinski definition) is 1. The third-order valence-corrected chi connectivity index (χ3v) is 8.38. The van der Waals surface area contributed by atoms with E-state index in [0.29, 0.717) is 46.5 Å². The van der Waals surface area contributed by atoms with Gasteiger partial charge in [-0.1, -0.05) is 16.7 Å². The first-order valence-corrected chi connectivity index (χ1v) is 13.7. The number of carbonyl (C=O) groups is 2. The standard InChI is InChI=1S/C26H27ClN6O5S/c1-32-6-7-37-14(12-32)13-38-25-31-30-24(39-25)29-22(34)17-9-19-18(26(4-5-26)23(35)33(19)2)8-15(17)16-10-21(27)28-11-20(16)36-3/h8-11,14H,4-7,12-13H2,1-3H3,(H,29,30,34)/t14-/m1/s1. The van der Waals surface area contributed by atoms with Crippen molar-refractivity contribution >= 4 is 45.6 Å². The molecule has 4 heterocycles. The van der Waals surface area contributed by atoms with Crippen molar-refractivity contribution in [2.75, 3.05) is 57.7 Å². The molecule has 204 valence electrons. The summed E-state index contributed by atoms with van der Waals surface area (Å²) in [6.45, 7) is 2.65. The van der Waals surface area contributed by atoms with Gasteiger partial charge in [0.25, 0.3) is 11.1 Å². The van der Waals surface area contributed by atoms with Crippen molar-refractivity contribution in [2.45, 2.75) is 24.4 Å². The van der Waals surface area contributed by atoms with E-state index in [1.54, 1.807) is 24.1 Å². The molecule has 2 aromatic heterocycles. The van der Waals surface area contributed by atoms with Crippen molar-refractivity contribution in [3.8, 4) is 22.1 Å². The lowest BCUT2D eigenvalue weighted by Gasteiger charge is -2.29. The number of morpholine rings is 1. The molecule has 3 aliphatic rings. The molecule has 1 atom stereocenters. The fourth-order valence-electron chi connectivity index (χ4n) is 5.22. The predicted octanol–water partition coefficient (Wildman–Crippen LogP) is 3.23. The van der Waals surface area contributed by atoms with Crippen LogP contribution in [0.4, 0.5) is 10.8 Å². The first-order chi connectivity index (χ1) is 18.8. The van der Waals surface area contributed by atoms with Crippen LogP contribution >= 0.6 is 22.9 Å². The van der Waals surface area contributed by atoms with Crippen LogP contribution in [0.15, 0.2) is 24.4 Å². The van der Waals surface area contributed by atoms with Crippen LogP contribution in [0.3, 0.4) is 0 Å². The minimum atomic E-state index is -0.528. The van der Waals surface area contributed by atoms with Gasteiger partial charge in [0, 0.05) is 37.0 Å². The van der Waals surface area contributed by atoms with Crippen molar-refractivity contribution in [3.05, 3.63) is 40.7 Å². The predicted molar refractivity (Wildman–Crippen MR) is 146 cm³/mol. The van der Waals surface area contributed by atoms with E-state index < -0.39 is 11.3 Å². The SMILES string of the molecule is COc1cnc(Cl)cc1-c1cc2c(cc1C(=O)Nc1nnc(OC[C@H]3CN(C)CCO3)s1)N(C)C(=O)C21CC1. The van der Waals surface area contributed by atoms with Gasteiger partial charge in [-0.05, 0) is 60.6 Å². The minimum absolute atomic E-state index is 0.0415. The van der Waals surface area contributed by atoms with Gasteiger partial charge in [0.05, 0.1) is 25.3 Å². The van der Waals surface area contributed by atoms with Gasteiger partial charge in [0.15, 0.2) is 0 Å². The number of hydrogen-bond acceptors (Lipinski definition) is 10. The molecule has 11 nitrogen and oxygen atoms in total. The Hall–Kier alpha value is -3.32. The molecule has 1 spiro atoms. The van der Waals surface area contributed by atoms with E-state index in [2.05, 4.69) is 25.4 Å². The summed E-state index contributed by atoms with van der Waals surface area (Å²) in [4.78, 5) is 34.7. The quantitative estimate of drug-likeness (QED) is 0.427. The summed E-state index contributed by atoms with van der Waals surface area (Å²) >= 11 is 7.37. The average Bonchev–Trinajstić information content (AvgIpc) is 3.58. The number of halogens is 1. The fourth-order valence-corrected chi connectivity index (χ4v) is 5.98. The largest absolute Gasteiger partial charge is 0.494 e. The number of likely N-dealkylation sites (N-methyl/N-ethyl adjacent to an activating group) is 2. The second-order valence-electron chi connectivity index (χ2n) is 9.96. The summed E-state index contributed by atoms with van der Waals surface area (Å²) in [7, 11) is 5.30. The highest BCUT2D eigenvalue weighted by Crippen LogP contribution is 2.58. The number of nitrogens with one attached hydrogen (secondary N) is 1. The van der Waals surface area contributed by atoms with Gasteiger partial charge in [0.1, 0.15) is 23.6 Å². The summed E-state index contributed by atoms with van der Waals surface area (Å²) in [5, 5.41) is 11.8. The third kappa shape index (κ3) is 4.71. The number of amides is 2. The Bertz CT molecular complexity index is 1460. The Morgan fingerprint density at radius 2 is 2.08 bits per heavy atom. The molecule has 1 saturated heterocycles. The maximum Gasteiger partial charge on any atom is 0.295 e. The molecule has 2 fully saturated rings. The highest BCUT2D eigenvalue weighted by molar-refractivity contribution is 7.17. The van der Waals surface area contributed by atoms with E-state index in [0.717, 1.165) is 42.8 Å². The van der Waals surface area contributed by atoms with Crippen LogP contribution in [0.5, 0.6) is 10.9 Å². The number of carbonyl (C=O) groups excluding carboxylic acids is 2. The van der Waals surface area contributed by atoms with Gasteiger partial charge in [0.2, 0.25) is 11.0 Å². The molecule has 1 aromatic carbocycles. The van der Waals surface area contributed by atoms with Crippen LogP contribution in [0.2, 0.25) is 5.15 Å². The molecule has 6 rings (SSSR count). The second kappa shape index (κ2) is 10.0. The van der Waals surface area contributed by atoms with E-state index >= 15 is 0 Å². The van der Waals surface area contributed by atoms with Crippen LogP contribution in [-0.2, 0) is 14.9 Å². The van der Waals surface area contributed by atoms with Crippen molar-refractivity contribution in [2.24, 2.45) is 0 Å². The first kappa shape index (κ1) is 25.9. The number of anilines is 2. The number of ether oxygens (including phenoxy) is 3. The molecular formula is C26H27ClN6O5S. The molecule has 13 heteroatoms. The van der Waals surface area contributed by atoms with Crippen LogP contribution in [0.25, 0.3) is 11.1 Å². The average molecular weight is 571 g/mol. The fraction of sp³-hybridized carbons (Fsp3) is 0.423. The molecule has 0 bridgehead atoms. The number of methoxy groups -OCH3 is 1. The van der Waals surface area contributed by atoms with Gasteiger partial charge in [-0.25, -0.2) is 4.98 Å². The molecule has 0 unspecified atom stereocenters. The molecule has 1 N–H and O–H groups in total. The number of rotatable bonds is 7. The molecule has 39 heavy (non-hydrogen) atoms. The van der Waals surface area contributed by atoms with Crippen molar-refractivity contribution < 1.29 is 23.8 Å². The summed E-state index contributed by atoms with van der Waals surface area (Å²) in [6, 6.07) is 5.30. The van der Waals surface area contributed by atoms with Gasteiger partial charge in [-0.3, -0.25) is 14.9 Å². The van der Waals surface area contributed by atoms with Gasteiger partial charge < -0.3 is 24.0 Å². The number of nitrogens with zero attached hydrogens (tertiary/aromatic N) is 5. The van der Waals surface area contributed by atoms with Crippen molar-refractivity contribution in [1.82, 2.24) is 20.1 Å². The lowest BCUT2D eigenvalue weighted by atomic mass is 9.90. The van der Waals surface area contributed by atoms with Gasteiger partial charge in [-0.15, -0.1) is 5.10 Å². The smallest absolute Gasteiger partial charge is 0.295 e. The van der Waals surface area contributed by atoms with E-state index in [1.807, 2.05) is 13.1 Å². The summed E-state index contributed by atoms with van der Waals surface area (Å²) in [5.41, 5.74) is 2.61.